The zero-order valence-corrected chi connectivity index (χ0v) is 8.13. The molecule has 0 spiro atoms. The first-order chi connectivity index (χ1) is 6.29. The van der Waals surface area contributed by atoms with E-state index in [1.165, 1.54) is 24.1 Å². The van der Waals surface area contributed by atoms with Crippen LogP contribution in [0.2, 0.25) is 0 Å². The maximum atomic E-state index is 5.19. The number of hydrogen-bond donors (Lipinski definition) is 1. The molecule has 0 atom stereocenters. The topological polar surface area (TPSA) is 21.3 Å². The first kappa shape index (κ1) is 8.42. The smallest absolute Gasteiger partial charge is 0.121 e. The lowest BCUT2D eigenvalue weighted by Crippen LogP contribution is -2.00. The molecule has 0 heterocycles. The average Bonchev–Trinajstić information content (AvgIpc) is 2.89. The quantitative estimate of drug-likeness (QED) is 0.766. The van der Waals surface area contributed by atoms with Gasteiger partial charge < -0.3 is 10.1 Å². The summed E-state index contributed by atoms with van der Waals surface area (Å²) in [6, 6.07) is 6.94. The average molecular weight is 177 g/mol. The SMILES string of the molecule is COc1ccc(NC2CC2)cc1C. The summed E-state index contributed by atoms with van der Waals surface area (Å²) in [7, 11) is 1.70. The molecular formula is C11H15NO. The fourth-order valence-electron chi connectivity index (χ4n) is 1.43. The van der Waals surface area contributed by atoms with Gasteiger partial charge in [0.05, 0.1) is 7.11 Å². The summed E-state index contributed by atoms with van der Waals surface area (Å²) < 4.78 is 5.19. The number of methoxy groups -OCH3 is 1. The maximum Gasteiger partial charge on any atom is 0.121 e. The molecule has 0 unspecified atom stereocenters. The van der Waals surface area contributed by atoms with Gasteiger partial charge in [-0.1, -0.05) is 0 Å². The molecule has 1 aliphatic carbocycles. The number of ether oxygens (including phenoxy) is 1. The summed E-state index contributed by atoms with van der Waals surface area (Å²) in [5.74, 6) is 0.960. The highest BCUT2D eigenvalue weighted by Gasteiger charge is 2.20. The van der Waals surface area contributed by atoms with Crippen molar-refractivity contribution in [3.63, 3.8) is 0 Å². The molecule has 0 radical (unpaired) electrons. The molecule has 70 valence electrons. The number of anilines is 1. The molecule has 1 N–H and O–H groups in total. The van der Waals surface area contributed by atoms with Gasteiger partial charge in [0.2, 0.25) is 0 Å². The number of rotatable bonds is 3. The van der Waals surface area contributed by atoms with Crippen molar-refractivity contribution in [3.05, 3.63) is 23.8 Å². The second kappa shape index (κ2) is 3.29. The molecule has 2 nitrogen and oxygen atoms in total. The van der Waals surface area contributed by atoms with E-state index in [2.05, 4.69) is 24.4 Å². The molecule has 1 aromatic carbocycles. The van der Waals surface area contributed by atoms with Crippen molar-refractivity contribution >= 4 is 5.69 Å². The second-order valence-corrected chi connectivity index (χ2v) is 3.60. The van der Waals surface area contributed by atoms with Crippen LogP contribution in [0.4, 0.5) is 5.69 Å². The van der Waals surface area contributed by atoms with Gasteiger partial charge in [-0.05, 0) is 43.5 Å². The molecule has 0 aliphatic heterocycles. The van der Waals surface area contributed by atoms with Crippen molar-refractivity contribution < 1.29 is 4.74 Å². The molecule has 2 heteroatoms. The van der Waals surface area contributed by atoms with E-state index in [1.807, 2.05) is 6.07 Å². The molecule has 0 aromatic heterocycles. The van der Waals surface area contributed by atoms with E-state index in [4.69, 9.17) is 4.74 Å². The van der Waals surface area contributed by atoms with Gasteiger partial charge in [0.15, 0.2) is 0 Å². The molecule has 0 bridgehead atoms. The normalized spacial score (nSPS) is 15.5. The Balaban J connectivity index is 2.13. The fraction of sp³-hybridized carbons (Fsp3) is 0.455. The molecule has 0 saturated heterocycles. The highest BCUT2D eigenvalue weighted by molar-refractivity contribution is 5.51. The van der Waals surface area contributed by atoms with Crippen LogP contribution < -0.4 is 10.1 Å². The minimum atomic E-state index is 0.716. The summed E-state index contributed by atoms with van der Waals surface area (Å²) in [5, 5.41) is 3.45. The highest BCUT2D eigenvalue weighted by Crippen LogP contribution is 2.27. The third-order valence-electron chi connectivity index (χ3n) is 2.34. The van der Waals surface area contributed by atoms with Crippen LogP contribution >= 0.6 is 0 Å². The monoisotopic (exact) mass is 177 g/mol. The van der Waals surface area contributed by atoms with Crippen LogP contribution in [-0.4, -0.2) is 13.2 Å². The second-order valence-electron chi connectivity index (χ2n) is 3.60. The van der Waals surface area contributed by atoms with Crippen molar-refractivity contribution in [2.45, 2.75) is 25.8 Å². The van der Waals surface area contributed by atoms with Gasteiger partial charge >= 0.3 is 0 Å². The van der Waals surface area contributed by atoms with Crippen LogP contribution in [-0.2, 0) is 0 Å². The minimum Gasteiger partial charge on any atom is -0.496 e. The Labute approximate surface area is 78.9 Å². The Morgan fingerprint density at radius 2 is 2.15 bits per heavy atom. The lowest BCUT2D eigenvalue weighted by Gasteiger charge is -2.08. The van der Waals surface area contributed by atoms with Gasteiger partial charge in [0.25, 0.3) is 0 Å². The largest absolute Gasteiger partial charge is 0.496 e. The zero-order valence-electron chi connectivity index (χ0n) is 8.13. The Hall–Kier alpha value is -1.18. The standard InChI is InChI=1S/C11H15NO/c1-8-7-10(12-9-3-4-9)5-6-11(8)13-2/h5-7,9,12H,3-4H2,1-2H3. The number of hydrogen-bond acceptors (Lipinski definition) is 2. The van der Waals surface area contributed by atoms with Crippen molar-refractivity contribution in [2.75, 3.05) is 12.4 Å². The maximum absolute atomic E-state index is 5.19. The lowest BCUT2D eigenvalue weighted by atomic mass is 10.2. The van der Waals surface area contributed by atoms with Gasteiger partial charge in [-0.3, -0.25) is 0 Å². The number of benzene rings is 1. The Bertz CT molecular complexity index is 305. The first-order valence-electron chi connectivity index (χ1n) is 4.71. The highest BCUT2D eigenvalue weighted by atomic mass is 16.5. The van der Waals surface area contributed by atoms with E-state index in [0.29, 0.717) is 6.04 Å². The Morgan fingerprint density at radius 1 is 1.38 bits per heavy atom. The summed E-state index contributed by atoms with van der Waals surface area (Å²) in [5.41, 5.74) is 2.40. The van der Waals surface area contributed by atoms with Crippen LogP contribution in [0.15, 0.2) is 18.2 Å². The van der Waals surface area contributed by atoms with Crippen LogP contribution in [0.5, 0.6) is 5.75 Å². The van der Waals surface area contributed by atoms with E-state index in [1.54, 1.807) is 7.11 Å². The Kier molecular flexibility index (Phi) is 2.13. The van der Waals surface area contributed by atoms with Gasteiger partial charge in [0.1, 0.15) is 5.75 Å². The van der Waals surface area contributed by atoms with Crippen LogP contribution in [0.1, 0.15) is 18.4 Å². The van der Waals surface area contributed by atoms with Gasteiger partial charge in [0, 0.05) is 11.7 Å². The molecule has 1 fully saturated rings. The molecule has 2 rings (SSSR count). The predicted octanol–water partition coefficient (Wildman–Crippen LogP) is 2.58. The van der Waals surface area contributed by atoms with Crippen molar-refractivity contribution in [1.82, 2.24) is 0 Å². The molecule has 0 amide bonds. The third kappa shape index (κ3) is 1.94. The summed E-state index contributed by atoms with van der Waals surface area (Å²) in [4.78, 5) is 0. The van der Waals surface area contributed by atoms with Gasteiger partial charge in [-0.15, -0.1) is 0 Å². The van der Waals surface area contributed by atoms with Crippen LogP contribution in [0.3, 0.4) is 0 Å². The van der Waals surface area contributed by atoms with E-state index >= 15 is 0 Å². The van der Waals surface area contributed by atoms with Crippen molar-refractivity contribution in [3.8, 4) is 5.75 Å². The molecule has 1 aromatic rings. The number of nitrogens with one attached hydrogen (secondary N) is 1. The minimum absolute atomic E-state index is 0.716. The molecule has 1 saturated carbocycles. The van der Waals surface area contributed by atoms with Crippen LogP contribution in [0, 0.1) is 6.92 Å². The van der Waals surface area contributed by atoms with E-state index in [9.17, 15) is 0 Å². The zero-order chi connectivity index (χ0) is 9.26. The Morgan fingerprint density at radius 3 is 2.69 bits per heavy atom. The van der Waals surface area contributed by atoms with E-state index in [-0.39, 0.29) is 0 Å². The van der Waals surface area contributed by atoms with E-state index in [0.717, 1.165) is 5.75 Å². The fourth-order valence-corrected chi connectivity index (χ4v) is 1.43. The van der Waals surface area contributed by atoms with Gasteiger partial charge in [-0.2, -0.15) is 0 Å². The summed E-state index contributed by atoms with van der Waals surface area (Å²) in [6.45, 7) is 2.07. The molecular weight excluding hydrogens is 162 g/mol. The van der Waals surface area contributed by atoms with Crippen molar-refractivity contribution in [1.29, 1.82) is 0 Å². The van der Waals surface area contributed by atoms with Crippen LogP contribution in [0.25, 0.3) is 0 Å². The molecule has 1 aliphatic rings. The first-order valence-corrected chi connectivity index (χ1v) is 4.71. The molecule has 13 heavy (non-hydrogen) atoms. The number of aryl methyl sites for hydroxylation is 1. The van der Waals surface area contributed by atoms with E-state index < -0.39 is 0 Å². The summed E-state index contributed by atoms with van der Waals surface area (Å²) in [6.07, 6.45) is 2.62. The van der Waals surface area contributed by atoms with Crippen molar-refractivity contribution in [2.24, 2.45) is 0 Å². The predicted molar refractivity (Wildman–Crippen MR) is 54.4 cm³/mol. The summed E-state index contributed by atoms with van der Waals surface area (Å²) >= 11 is 0. The lowest BCUT2D eigenvalue weighted by molar-refractivity contribution is 0.412. The third-order valence-corrected chi connectivity index (χ3v) is 2.34. The van der Waals surface area contributed by atoms with Gasteiger partial charge in [-0.25, -0.2) is 0 Å².